The molecular weight excluding hydrogens is 215 g/mol. The van der Waals surface area contributed by atoms with Crippen LogP contribution in [0.5, 0.6) is 0 Å². The number of halogens is 1. The normalized spacial score (nSPS) is 10.2. The molecule has 2 aromatic carbocycles. The first kappa shape index (κ1) is 11.5. The number of benzene rings is 2. The molecule has 0 saturated carbocycles. The van der Waals surface area contributed by atoms with E-state index in [0.29, 0.717) is 6.42 Å². The van der Waals surface area contributed by atoms with Crippen molar-refractivity contribution < 1.29 is 9.18 Å². The summed E-state index contributed by atoms with van der Waals surface area (Å²) in [5.41, 5.74) is 3.20. The molecule has 0 radical (unpaired) electrons. The van der Waals surface area contributed by atoms with Gasteiger partial charge >= 0.3 is 0 Å². The van der Waals surface area contributed by atoms with E-state index in [1.807, 2.05) is 24.3 Å². The van der Waals surface area contributed by atoms with Crippen LogP contribution in [0.3, 0.4) is 0 Å². The Morgan fingerprint density at radius 3 is 2.24 bits per heavy atom. The third-order valence-electron chi connectivity index (χ3n) is 2.73. The molecule has 0 fully saturated rings. The highest BCUT2D eigenvalue weighted by Crippen LogP contribution is 2.15. The van der Waals surface area contributed by atoms with E-state index in [0.717, 1.165) is 29.4 Å². The Labute approximate surface area is 99.9 Å². The van der Waals surface area contributed by atoms with Gasteiger partial charge < -0.3 is 4.79 Å². The maximum Gasteiger partial charge on any atom is 0.124 e. The van der Waals surface area contributed by atoms with Crippen LogP contribution in [-0.2, 0) is 17.6 Å². The van der Waals surface area contributed by atoms with Crippen molar-refractivity contribution in [1.82, 2.24) is 0 Å². The lowest BCUT2D eigenvalue weighted by atomic mass is 9.98. The van der Waals surface area contributed by atoms with Crippen molar-refractivity contribution >= 4 is 6.29 Å². The first-order valence-electron chi connectivity index (χ1n) is 5.54. The Balaban J connectivity index is 2.23. The second kappa shape index (κ2) is 5.39. The van der Waals surface area contributed by atoms with Crippen molar-refractivity contribution in [2.45, 2.75) is 12.8 Å². The van der Waals surface area contributed by atoms with Crippen LogP contribution in [0.4, 0.5) is 4.39 Å². The predicted octanol–water partition coefficient (Wildman–Crippen LogP) is 3.16. The third kappa shape index (κ3) is 3.00. The summed E-state index contributed by atoms with van der Waals surface area (Å²) in [6.07, 6.45) is 2.06. The molecule has 86 valence electrons. The van der Waals surface area contributed by atoms with E-state index < -0.39 is 0 Å². The Morgan fingerprint density at radius 1 is 0.941 bits per heavy atom. The molecule has 0 amide bonds. The maximum atomic E-state index is 12.8. The third-order valence-corrected chi connectivity index (χ3v) is 2.73. The summed E-state index contributed by atoms with van der Waals surface area (Å²) in [4.78, 5) is 10.6. The summed E-state index contributed by atoms with van der Waals surface area (Å²) in [6, 6.07) is 14.3. The number of rotatable bonds is 4. The number of aldehydes is 1. The fraction of sp³-hybridized carbons (Fsp3) is 0.133. The molecule has 17 heavy (non-hydrogen) atoms. The van der Waals surface area contributed by atoms with Gasteiger partial charge in [-0.25, -0.2) is 4.39 Å². The van der Waals surface area contributed by atoms with Crippen molar-refractivity contribution in [3.63, 3.8) is 0 Å². The molecule has 0 bridgehead atoms. The van der Waals surface area contributed by atoms with Crippen LogP contribution in [0.25, 0.3) is 0 Å². The van der Waals surface area contributed by atoms with Crippen molar-refractivity contribution in [3.05, 3.63) is 71.0 Å². The molecule has 1 nitrogen and oxygen atoms in total. The minimum Gasteiger partial charge on any atom is -0.303 e. The largest absolute Gasteiger partial charge is 0.303 e. The molecule has 0 heterocycles. The van der Waals surface area contributed by atoms with Crippen LogP contribution < -0.4 is 0 Å². The van der Waals surface area contributed by atoms with Crippen LogP contribution in [0.1, 0.15) is 16.7 Å². The molecule has 2 rings (SSSR count). The lowest BCUT2D eigenvalue weighted by Crippen LogP contribution is -1.96. The van der Waals surface area contributed by atoms with Gasteiger partial charge in [0.25, 0.3) is 0 Å². The molecule has 0 saturated heterocycles. The zero-order valence-electron chi connectivity index (χ0n) is 9.40. The summed E-state index contributed by atoms with van der Waals surface area (Å²) in [6.45, 7) is 0. The molecule has 2 aromatic rings. The standard InChI is InChI=1S/C15H13FO/c16-15-7-5-12(6-8-15)11-14-4-2-1-3-13(14)9-10-17/h1-8,10H,9,11H2. The van der Waals surface area contributed by atoms with Gasteiger partial charge in [0.15, 0.2) is 0 Å². The van der Waals surface area contributed by atoms with E-state index >= 15 is 0 Å². The average molecular weight is 228 g/mol. The van der Waals surface area contributed by atoms with Crippen molar-refractivity contribution in [1.29, 1.82) is 0 Å². The summed E-state index contributed by atoms with van der Waals surface area (Å²) in [7, 11) is 0. The predicted molar refractivity (Wildman–Crippen MR) is 65.4 cm³/mol. The fourth-order valence-corrected chi connectivity index (χ4v) is 1.84. The lowest BCUT2D eigenvalue weighted by Gasteiger charge is -2.07. The summed E-state index contributed by atoms with van der Waals surface area (Å²) in [5.74, 6) is -0.227. The van der Waals surface area contributed by atoms with Crippen LogP contribution in [0, 0.1) is 5.82 Å². The summed E-state index contributed by atoms with van der Waals surface area (Å²) < 4.78 is 12.8. The van der Waals surface area contributed by atoms with Gasteiger partial charge in [-0.3, -0.25) is 0 Å². The quantitative estimate of drug-likeness (QED) is 0.735. The molecule has 0 unspecified atom stereocenters. The molecule has 0 N–H and O–H groups in total. The summed E-state index contributed by atoms with van der Waals surface area (Å²) in [5, 5.41) is 0. The molecule has 0 aliphatic carbocycles. The monoisotopic (exact) mass is 228 g/mol. The van der Waals surface area contributed by atoms with Gasteiger partial charge in [0, 0.05) is 6.42 Å². The number of hydrogen-bond acceptors (Lipinski definition) is 1. The Kier molecular flexibility index (Phi) is 3.66. The van der Waals surface area contributed by atoms with Crippen LogP contribution >= 0.6 is 0 Å². The van der Waals surface area contributed by atoms with Gasteiger partial charge in [0.05, 0.1) is 0 Å². The fourth-order valence-electron chi connectivity index (χ4n) is 1.84. The number of hydrogen-bond donors (Lipinski definition) is 0. The highest BCUT2D eigenvalue weighted by molar-refractivity contribution is 5.56. The Bertz CT molecular complexity index is 503. The van der Waals surface area contributed by atoms with E-state index in [1.165, 1.54) is 12.1 Å². The maximum absolute atomic E-state index is 12.8. The molecule has 0 spiro atoms. The highest BCUT2D eigenvalue weighted by atomic mass is 19.1. The van der Waals surface area contributed by atoms with E-state index in [-0.39, 0.29) is 5.82 Å². The van der Waals surface area contributed by atoms with Crippen molar-refractivity contribution in [3.8, 4) is 0 Å². The van der Waals surface area contributed by atoms with Crippen LogP contribution in [-0.4, -0.2) is 6.29 Å². The molecule has 0 aliphatic rings. The van der Waals surface area contributed by atoms with Gasteiger partial charge in [-0.05, 0) is 35.2 Å². The van der Waals surface area contributed by atoms with Crippen LogP contribution in [0.2, 0.25) is 0 Å². The van der Waals surface area contributed by atoms with E-state index in [4.69, 9.17) is 0 Å². The molecule has 2 heteroatoms. The lowest BCUT2D eigenvalue weighted by molar-refractivity contribution is -0.107. The van der Waals surface area contributed by atoms with Gasteiger partial charge in [0.2, 0.25) is 0 Å². The smallest absolute Gasteiger partial charge is 0.124 e. The zero-order chi connectivity index (χ0) is 12.1. The zero-order valence-corrected chi connectivity index (χ0v) is 9.40. The van der Waals surface area contributed by atoms with E-state index in [9.17, 15) is 9.18 Å². The minimum atomic E-state index is -0.227. The molecule has 0 atom stereocenters. The SMILES string of the molecule is O=CCc1ccccc1Cc1ccc(F)cc1. The van der Waals surface area contributed by atoms with Crippen LogP contribution in [0.15, 0.2) is 48.5 Å². The van der Waals surface area contributed by atoms with E-state index in [1.54, 1.807) is 12.1 Å². The molecular formula is C15H13FO. The van der Waals surface area contributed by atoms with Crippen molar-refractivity contribution in [2.75, 3.05) is 0 Å². The Morgan fingerprint density at radius 2 is 1.59 bits per heavy atom. The van der Waals surface area contributed by atoms with Gasteiger partial charge in [-0.2, -0.15) is 0 Å². The first-order chi connectivity index (χ1) is 8.29. The molecule has 0 aromatic heterocycles. The van der Waals surface area contributed by atoms with E-state index in [2.05, 4.69) is 0 Å². The van der Waals surface area contributed by atoms with Gasteiger partial charge in [-0.15, -0.1) is 0 Å². The first-order valence-corrected chi connectivity index (χ1v) is 5.54. The minimum absolute atomic E-state index is 0.227. The summed E-state index contributed by atoms with van der Waals surface area (Å²) >= 11 is 0. The topological polar surface area (TPSA) is 17.1 Å². The Hall–Kier alpha value is -1.96. The molecule has 0 aliphatic heterocycles. The second-order valence-electron chi connectivity index (χ2n) is 3.94. The number of carbonyl (C=O) groups excluding carboxylic acids is 1. The highest BCUT2D eigenvalue weighted by Gasteiger charge is 2.02. The number of carbonyl (C=O) groups is 1. The van der Waals surface area contributed by atoms with Gasteiger partial charge in [0.1, 0.15) is 12.1 Å². The average Bonchev–Trinajstić information content (AvgIpc) is 2.35. The second-order valence-corrected chi connectivity index (χ2v) is 3.94. The van der Waals surface area contributed by atoms with Crippen molar-refractivity contribution in [2.24, 2.45) is 0 Å². The van der Waals surface area contributed by atoms with Gasteiger partial charge in [-0.1, -0.05) is 36.4 Å².